The first-order chi connectivity index (χ1) is 10.7. The molecule has 2 N–H and O–H groups in total. The van der Waals surface area contributed by atoms with E-state index in [4.69, 9.17) is 15.2 Å². The Morgan fingerprint density at radius 1 is 1.00 bits per heavy atom. The summed E-state index contributed by atoms with van der Waals surface area (Å²) in [6.07, 6.45) is -2.12. The van der Waals surface area contributed by atoms with Gasteiger partial charge in [0, 0.05) is 5.69 Å². The molecule has 136 valence electrons. The topological polar surface area (TPSA) is 101 Å². The van der Waals surface area contributed by atoms with Gasteiger partial charge in [-0.2, -0.15) is 0 Å². The number of rotatable bonds is 0. The molecule has 1 aromatic heterocycles. The van der Waals surface area contributed by atoms with Crippen molar-refractivity contribution in [3.05, 3.63) is 22.4 Å². The SMILES string of the molecule is CC(C)(C)OC(=O)OC(=O)OC(C)(C)C.Cc1ccc(N)c(Br)n1. The lowest BCUT2D eigenvalue weighted by Crippen LogP contribution is -2.29. The Morgan fingerprint density at radius 3 is 1.71 bits per heavy atom. The van der Waals surface area contributed by atoms with Crippen LogP contribution in [0.15, 0.2) is 16.7 Å². The van der Waals surface area contributed by atoms with E-state index in [9.17, 15) is 9.59 Å². The summed E-state index contributed by atoms with van der Waals surface area (Å²) in [6, 6.07) is 3.70. The molecule has 1 rings (SSSR count). The van der Waals surface area contributed by atoms with Gasteiger partial charge in [0.1, 0.15) is 15.8 Å². The molecule has 0 atom stereocenters. The van der Waals surface area contributed by atoms with Crippen molar-refractivity contribution in [2.45, 2.75) is 59.7 Å². The van der Waals surface area contributed by atoms with Crippen LogP contribution in [0, 0.1) is 6.92 Å². The number of pyridine rings is 1. The second kappa shape index (κ2) is 8.86. The van der Waals surface area contributed by atoms with Crippen molar-refractivity contribution in [2.75, 3.05) is 5.73 Å². The summed E-state index contributed by atoms with van der Waals surface area (Å²) in [5.74, 6) is 0. The van der Waals surface area contributed by atoms with Crippen LogP contribution in [0.3, 0.4) is 0 Å². The Labute approximate surface area is 151 Å². The first kappa shape index (κ1) is 22.2. The fourth-order valence-corrected chi connectivity index (χ4v) is 1.56. The van der Waals surface area contributed by atoms with Gasteiger partial charge in [-0.25, -0.2) is 14.6 Å². The highest BCUT2D eigenvalue weighted by Gasteiger charge is 2.24. The number of aromatic nitrogens is 1. The van der Waals surface area contributed by atoms with Crippen LogP contribution < -0.4 is 5.73 Å². The number of nitrogens with zero attached hydrogens (tertiary/aromatic N) is 1. The van der Waals surface area contributed by atoms with Crippen molar-refractivity contribution in [3.63, 3.8) is 0 Å². The first-order valence-electron chi connectivity index (χ1n) is 7.22. The quantitative estimate of drug-likeness (QED) is 0.382. The largest absolute Gasteiger partial charge is 0.519 e. The maximum absolute atomic E-state index is 11.0. The number of hydrogen-bond acceptors (Lipinski definition) is 7. The molecule has 0 aliphatic heterocycles. The molecule has 24 heavy (non-hydrogen) atoms. The van der Waals surface area contributed by atoms with Crippen molar-refractivity contribution in [2.24, 2.45) is 0 Å². The monoisotopic (exact) mass is 404 g/mol. The van der Waals surface area contributed by atoms with E-state index in [1.165, 1.54) is 0 Å². The van der Waals surface area contributed by atoms with Gasteiger partial charge in [0.05, 0.1) is 5.69 Å². The number of nitrogen functional groups attached to an aromatic ring is 1. The summed E-state index contributed by atoms with van der Waals surface area (Å²) < 4.78 is 14.5. The number of ether oxygens (including phenoxy) is 3. The zero-order chi connectivity index (χ0) is 19.1. The molecule has 0 unspecified atom stereocenters. The molecule has 1 heterocycles. The number of nitrogens with two attached hydrogens (primary N) is 1. The van der Waals surface area contributed by atoms with E-state index < -0.39 is 23.5 Å². The molecule has 0 radical (unpaired) electrons. The summed E-state index contributed by atoms with van der Waals surface area (Å²) in [5.41, 5.74) is 5.74. The fourth-order valence-electron chi connectivity index (χ4n) is 1.15. The number of aryl methyl sites for hydroxylation is 1. The Hall–Kier alpha value is -1.83. The predicted molar refractivity (Wildman–Crippen MR) is 94.6 cm³/mol. The van der Waals surface area contributed by atoms with Crippen LogP contribution >= 0.6 is 15.9 Å². The molecule has 0 spiro atoms. The molecule has 8 heteroatoms. The minimum absolute atomic E-state index is 0.681. The van der Waals surface area contributed by atoms with E-state index in [-0.39, 0.29) is 0 Å². The second-order valence-electron chi connectivity index (χ2n) is 6.86. The molecule has 0 fully saturated rings. The lowest BCUT2D eigenvalue weighted by molar-refractivity contribution is -0.0293. The number of carbonyl (C=O) groups excluding carboxylic acids is 2. The van der Waals surface area contributed by atoms with Gasteiger partial charge in [-0.05, 0) is 76.5 Å². The van der Waals surface area contributed by atoms with Crippen LogP contribution in [0.25, 0.3) is 0 Å². The van der Waals surface area contributed by atoms with E-state index in [1.54, 1.807) is 41.5 Å². The van der Waals surface area contributed by atoms with Crippen molar-refractivity contribution in [1.29, 1.82) is 0 Å². The van der Waals surface area contributed by atoms with Crippen LogP contribution in [-0.4, -0.2) is 28.5 Å². The van der Waals surface area contributed by atoms with E-state index >= 15 is 0 Å². The highest BCUT2D eigenvalue weighted by molar-refractivity contribution is 9.10. The van der Waals surface area contributed by atoms with E-state index in [2.05, 4.69) is 25.7 Å². The summed E-state index contributed by atoms with van der Waals surface area (Å²) >= 11 is 3.21. The Kier molecular flexibility index (Phi) is 8.19. The average molecular weight is 405 g/mol. The predicted octanol–water partition coefficient (Wildman–Crippen LogP) is 4.61. The zero-order valence-corrected chi connectivity index (χ0v) is 16.7. The fraction of sp³-hybridized carbons (Fsp3) is 0.562. The molecular weight excluding hydrogens is 380 g/mol. The standard InChI is InChI=1S/C10H18O5.C6H7BrN2/c1-9(2,3)14-7(11)13-8(12)15-10(4,5)6;1-4-2-3-5(8)6(7)9-4/h1-6H3;2-3H,8H2,1H3. The van der Waals surface area contributed by atoms with Crippen LogP contribution in [0.4, 0.5) is 15.3 Å². The van der Waals surface area contributed by atoms with Gasteiger partial charge in [0.2, 0.25) is 0 Å². The van der Waals surface area contributed by atoms with Gasteiger partial charge in [-0.15, -0.1) is 0 Å². The van der Waals surface area contributed by atoms with Gasteiger partial charge in [-0.1, -0.05) is 0 Å². The third kappa shape index (κ3) is 11.7. The minimum Gasteiger partial charge on any atom is -0.428 e. The highest BCUT2D eigenvalue weighted by Crippen LogP contribution is 2.15. The zero-order valence-electron chi connectivity index (χ0n) is 15.1. The van der Waals surface area contributed by atoms with E-state index in [0.717, 1.165) is 10.3 Å². The maximum atomic E-state index is 11.0. The lowest BCUT2D eigenvalue weighted by Gasteiger charge is -2.20. The molecule has 0 aliphatic rings. The van der Waals surface area contributed by atoms with Crippen LogP contribution in [0.5, 0.6) is 0 Å². The van der Waals surface area contributed by atoms with Crippen LogP contribution in [0.2, 0.25) is 0 Å². The van der Waals surface area contributed by atoms with Crippen molar-refractivity contribution in [3.8, 4) is 0 Å². The van der Waals surface area contributed by atoms with Gasteiger partial charge in [0.25, 0.3) is 0 Å². The van der Waals surface area contributed by atoms with Crippen molar-refractivity contribution < 1.29 is 23.8 Å². The number of carbonyl (C=O) groups is 2. The number of anilines is 1. The van der Waals surface area contributed by atoms with Crippen LogP contribution in [0.1, 0.15) is 47.2 Å². The molecule has 7 nitrogen and oxygen atoms in total. The average Bonchev–Trinajstić information content (AvgIpc) is 2.29. The first-order valence-corrected chi connectivity index (χ1v) is 8.01. The Morgan fingerprint density at radius 2 is 1.42 bits per heavy atom. The van der Waals surface area contributed by atoms with Gasteiger partial charge in [0.15, 0.2) is 0 Å². The second-order valence-corrected chi connectivity index (χ2v) is 7.61. The van der Waals surface area contributed by atoms with Crippen LogP contribution in [-0.2, 0) is 14.2 Å². The Balaban J connectivity index is 0.000000496. The van der Waals surface area contributed by atoms with Crippen molar-refractivity contribution >= 4 is 33.9 Å². The van der Waals surface area contributed by atoms with E-state index in [0.29, 0.717) is 5.69 Å². The van der Waals surface area contributed by atoms with Gasteiger partial charge < -0.3 is 19.9 Å². The summed E-state index contributed by atoms with van der Waals surface area (Å²) in [6.45, 7) is 11.9. The number of halogens is 1. The third-order valence-electron chi connectivity index (χ3n) is 1.96. The molecular formula is C16H25BrN2O5. The summed E-state index contributed by atoms with van der Waals surface area (Å²) in [7, 11) is 0. The molecule has 1 aromatic rings. The van der Waals surface area contributed by atoms with Gasteiger partial charge in [-0.3, -0.25) is 0 Å². The van der Waals surface area contributed by atoms with Gasteiger partial charge >= 0.3 is 12.3 Å². The molecule has 0 amide bonds. The normalized spacial score (nSPS) is 11.0. The van der Waals surface area contributed by atoms with E-state index in [1.807, 2.05) is 19.1 Å². The smallest absolute Gasteiger partial charge is 0.428 e. The molecule has 0 aromatic carbocycles. The van der Waals surface area contributed by atoms with Crippen molar-refractivity contribution in [1.82, 2.24) is 4.98 Å². The molecule has 0 saturated heterocycles. The number of hydrogen-bond donors (Lipinski definition) is 1. The molecule has 0 bridgehead atoms. The maximum Gasteiger partial charge on any atom is 0.519 e. The lowest BCUT2D eigenvalue weighted by atomic mass is 10.2. The molecule has 0 aliphatic carbocycles. The highest BCUT2D eigenvalue weighted by atomic mass is 79.9. The Bertz CT molecular complexity index is 551. The minimum atomic E-state index is -1.06. The summed E-state index contributed by atoms with van der Waals surface area (Å²) in [5, 5.41) is 0. The molecule has 0 saturated carbocycles. The summed E-state index contributed by atoms with van der Waals surface area (Å²) in [4.78, 5) is 26.1. The third-order valence-corrected chi connectivity index (χ3v) is 2.60.